The SMILES string of the molecule is Bc1ccc(NC(=O)OC(C)(C)C)c2cc(O)ccc12. The van der Waals surface area contributed by atoms with Crippen LogP contribution in [0.4, 0.5) is 10.5 Å². The minimum absolute atomic E-state index is 0.162. The van der Waals surface area contributed by atoms with E-state index in [0.717, 1.165) is 16.2 Å². The van der Waals surface area contributed by atoms with Gasteiger partial charge in [0.1, 0.15) is 19.2 Å². The van der Waals surface area contributed by atoms with Gasteiger partial charge in [-0.05, 0) is 44.4 Å². The van der Waals surface area contributed by atoms with Crippen molar-refractivity contribution in [1.82, 2.24) is 0 Å². The number of carbonyl (C=O) groups excluding carboxylic acids is 1. The van der Waals surface area contributed by atoms with E-state index in [1.54, 1.807) is 18.2 Å². The molecule has 0 radical (unpaired) electrons. The predicted molar refractivity (Wildman–Crippen MR) is 83.6 cm³/mol. The van der Waals surface area contributed by atoms with Crippen molar-refractivity contribution in [3.05, 3.63) is 30.3 Å². The summed E-state index contributed by atoms with van der Waals surface area (Å²) in [5.41, 5.74) is 1.15. The van der Waals surface area contributed by atoms with Crippen LogP contribution in [0.25, 0.3) is 10.8 Å². The number of hydrogen-bond donors (Lipinski definition) is 2. The molecule has 0 aliphatic carbocycles. The van der Waals surface area contributed by atoms with Crippen molar-refractivity contribution in [1.29, 1.82) is 0 Å². The number of amides is 1. The second kappa shape index (κ2) is 5.08. The van der Waals surface area contributed by atoms with Gasteiger partial charge in [-0.25, -0.2) is 4.79 Å². The molecule has 2 N–H and O–H groups in total. The molecule has 0 unspecified atom stereocenters. The van der Waals surface area contributed by atoms with Gasteiger partial charge in [0, 0.05) is 5.39 Å². The Morgan fingerprint density at radius 2 is 1.90 bits per heavy atom. The van der Waals surface area contributed by atoms with E-state index in [9.17, 15) is 9.90 Å². The summed E-state index contributed by atoms with van der Waals surface area (Å²) in [5, 5.41) is 14.1. The molecule has 104 valence electrons. The Balaban J connectivity index is 2.38. The van der Waals surface area contributed by atoms with E-state index in [-0.39, 0.29) is 5.75 Å². The van der Waals surface area contributed by atoms with Crippen LogP contribution in [-0.4, -0.2) is 24.6 Å². The zero-order valence-corrected chi connectivity index (χ0v) is 12.2. The van der Waals surface area contributed by atoms with E-state index in [1.165, 1.54) is 0 Å². The monoisotopic (exact) mass is 271 g/mol. The molecule has 2 aromatic rings. The fourth-order valence-electron chi connectivity index (χ4n) is 2.01. The molecule has 4 nitrogen and oxygen atoms in total. The second-order valence-corrected chi connectivity index (χ2v) is 5.79. The summed E-state index contributed by atoms with van der Waals surface area (Å²) in [4.78, 5) is 11.8. The van der Waals surface area contributed by atoms with Crippen molar-refractivity contribution in [2.75, 3.05) is 5.32 Å². The summed E-state index contributed by atoms with van der Waals surface area (Å²) in [6.07, 6.45) is -0.508. The molecule has 0 spiro atoms. The van der Waals surface area contributed by atoms with E-state index in [2.05, 4.69) is 5.32 Å². The summed E-state index contributed by atoms with van der Waals surface area (Å²) in [5.74, 6) is 0.162. The molecular formula is C15H18BNO3. The Morgan fingerprint density at radius 3 is 2.55 bits per heavy atom. The van der Waals surface area contributed by atoms with Gasteiger partial charge in [0.15, 0.2) is 0 Å². The molecule has 0 saturated carbocycles. The number of hydrogen-bond acceptors (Lipinski definition) is 3. The number of aromatic hydroxyl groups is 1. The number of ether oxygens (including phenoxy) is 1. The Kier molecular flexibility index (Phi) is 3.62. The molecule has 5 heteroatoms. The van der Waals surface area contributed by atoms with Crippen molar-refractivity contribution in [3.8, 4) is 5.75 Å². The van der Waals surface area contributed by atoms with Gasteiger partial charge < -0.3 is 9.84 Å². The summed E-state index contributed by atoms with van der Waals surface area (Å²) in [6, 6.07) is 8.83. The average Bonchev–Trinajstić information content (AvgIpc) is 2.30. The van der Waals surface area contributed by atoms with Crippen molar-refractivity contribution in [2.24, 2.45) is 0 Å². The van der Waals surface area contributed by atoms with E-state index in [0.29, 0.717) is 5.69 Å². The molecule has 0 atom stereocenters. The summed E-state index contributed by atoms with van der Waals surface area (Å²) in [6.45, 7) is 5.43. The number of phenols is 1. The Hall–Kier alpha value is -2.17. The fourth-order valence-corrected chi connectivity index (χ4v) is 2.01. The molecule has 20 heavy (non-hydrogen) atoms. The minimum Gasteiger partial charge on any atom is -0.508 e. The molecule has 0 aliphatic heterocycles. The van der Waals surface area contributed by atoms with E-state index >= 15 is 0 Å². The standard InChI is InChI=1S/C15H18BNO3/c1-15(2,3)20-14(19)17-13-7-6-12(16)10-5-4-9(18)8-11(10)13/h4-8,18H,16H2,1-3H3,(H,17,19). The molecule has 1 amide bonds. The van der Waals surface area contributed by atoms with Crippen LogP contribution < -0.4 is 10.8 Å². The highest BCUT2D eigenvalue weighted by molar-refractivity contribution is 6.39. The van der Waals surface area contributed by atoms with Gasteiger partial charge in [0.25, 0.3) is 0 Å². The molecular weight excluding hydrogens is 253 g/mol. The topological polar surface area (TPSA) is 58.6 Å². The lowest BCUT2D eigenvalue weighted by atomic mass is 9.89. The van der Waals surface area contributed by atoms with Crippen LogP contribution in [0.3, 0.4) is 0 Å². The maximum absolute atomic E-state index is 11.8. The first kappa shape index (κ1) is 14.2. The Morgan fingerprint density at radius 1 is 1.20 bits per heavy atom. The zero-order chi connectivity index (χ0) is 14.9. The van der Waals surface area contributed by atoms with Crippen LogP contribution in [0.5, 0.6) is 5.75 Å². The number of benzene rings is 2. The lowest BCUT2D eigenvalue weighted by Crippen LogP contribution is -2.27. The third kappa shape index (κ3) is 3.23. The average molecular weight is 271 g/mol. The lowest BCUT2D eigenvalue weighted by Gasteiger charge is -2.20. The maximum atomic E-state index is 11.8. The first-order chi connectivity index (χ1) is 9.26. The third-order valence-corrected chi connectivity index (χ3v) is 2.85. The second-order valence-electron chi connectivity index (χ2n) is 5.79. The number of fused-ring (bicyclic) bond motifs is 1. The lowest BCUT2D eigenvalue weighted by molar-refractivity contribution is 0.0636. The molecule has 2 rings (SSSR count). The van der Waals surface area contributed by atoms with Crippen LogP contribution in [0.15, 0.2) is 30.3 Å². The first-order valence-electron chi connectivity index (χ1n) is 6.48. The summed E-state index contributed by atoms with van der Waals surface area (Å²) < 4.78 is 5.24. The van der Waals surface area contributed by atoms with Crippen molar-refractivity contribution in [3.63, 3.8) is 0 Å². The predicted octanol–water partition coefficient (Wildman–Crippen LogP) is 2.15. The van der Waals surface area contributed by atoms with Crippen molar-refractivity contribution >= 4 is 35.9 Å². The van der Waals surface area contributed by atoms with E-state index in [1.807, 2.05) is 40.8 Å². The summed E-state index contributed by atoms with van der Waals surface area (Å²) in [7, 11) is 1.98. The van der Waals surface area contributed by atoms with E-state index < -0.39 is 11.7 Å². The molecule has 0 bridgehead atoms. The molecule has 0 aromatic heterocycles. The first-order valence-corrected chi connectivity index (χ1v) is 6.48. The van der Waals surface area contributed by atoms with Crippen LogP contribution in [-0.2, 0) is 4.74 Å². The smallest absolute Gasteiger partial charge is 0.412 e. The number of phenolic OH excluding ortho intramolecular Hbond substituents is 1. The van der Waals surface area contributed by atoms with Gasteiger partial charge in [-0.3, -0.25) is 5.32 Å². The van der Waals surface area contributed by atoms with Gasteiger partial charge in [-0.2, -0.15) is 0 Å². The highest BCUT2D eigenvalue weighted by atomic mass is 16.6. The van der Waals surface area contributed by atoms with E-state index in [4.69, 9.17) is 4.74 Å². The molecule has 2 aromatic carbocycles. The molecule has 0 saturated heterocycles. The number of nitrogens with one attached hydrogen (secondary N) is 1. The quantitative estimate of drug-likeness (QED) is 0.781. The molecule has 0 fully saturated rings. The van der Waals surface area contributed by atoms with Gasteiger partial charge >= 0.3 is 6.09 Å². The largest absolute Gasteiger partial charge is 0.508 e. The van der Waals surface area contributed by atoms with Gasteiger partial charge in [0.2, 0.25) is 0 Å². The molecule has 0 aliphatic rings. The van der Waals surface area contributed by atoms with Crippen LogP contribution >= 0.6 is 0 Å². The Labute approximate surface area is 119 Å². The van der Waals surface area contributed by atoms with Crippen molar-refractivity contribution < 1.29 is 14.6 Å². The van der Waals surface area contributed by atoms with Crippen molar-refractivity contribution in [2.45, 2.75) is 26.4 Å². The number of rotatable bonds is 1. The summed E-state index contributed by atoms with van der Waals surface area (Å²) >= 11 is 0. The van der Waals surface area contributed by atoms with Crippen LogP contribution in [0.2, 0.25) is 0 Å². The number of carbonyl (C=O) groups is 1. The van der Waals surface area contributed by atoms with Crippen LogP contribution in [0.1, 0.15) is 20.8 Å². The van der Waals surface area contributed by atoms with Gasteiger partial charge in [-0.1, -0.05) is 17.6 Å². The highest BCUT2D eigenvalue weighted by Crippen LogP contribution is 2.26. The Bertz CT molecular complexity index is 662. The number of anilines is 1. The zero-order valence-electron chi connectivity index (χ0n) is 12.2. The highest BCUT2D eigenvalue weighted by Gasteiger charge is 2.17. The maximum Gasteiger partial charge on any atom is 0.412 e. The fraction of sp³-hybridized carbons (Fsp3) is 0.267. The normalized spacial score (nSPS) is 11.3. The molecule has 0 heterocycles. The van der Waals surface area contributed by atoms with Crippen LogP contribution in [0, 0.1) is 0 Å². The minimum atomic E-state index is -0.549. The van der Waals surface area contributed by atoms with Gasteiger partial charge in [-0.15, -0.1) is 0 Å². The van der Waals surface area contributed by atoms with Gasteiger partial charge in [0.05, 0.1) is 5.69 Å². The third-order valence-electron chi connectivity index (χ3n) is 2.85.